The molecule has 0 saturated carbocycles. The van der Waals surface area contributed by atoms with E-state index in [0.717, 1.165) is 0 Å². The first-order chi connectivity index (χ1) is 15.3. The van der Waals surface area contributed by atoms with E-state index in [1.807, 2.05) is 0 Å². The van der Waals surface area contributed by atoms with Crippen LogP contribution >= 0.6 is 0 Å². The zero-order valence-electron chi connectivity index (χ0n) is 17.5. The Balaban J connectivity index is 1.52. The van der Waals surface area contributed by atoms with Crippen LogP contribution in [0.5, 0.6) is 0 Å². The summed E-state index contributed by atoms with van der Waals surface area (Å²) in [5, 5.41) is 7.28. The van der Waals surface area contributed by atoms with Crippen molar-refractivity contribution in [2.24, 2.45) is 0 Å². The molecule has 0 atom stereocenters. The van der Waals surface area contributed by atoms with Gasteiger partial charge in [-0.3, -0.25) is 19.0 Å². The fraction of sp³-hybridized carbons (Fsp3) is 0.174. The molecule has 2 aromatic heterocycles. The van der Waals surface area contributed by atoms with Crippen molar-refractivity contribution in [2.75, 3.05) is 5.32 Å². The highest BCUT2D eigenvalue weighted by Crippen LogP contribution is 2.15. The van der Waals surface area contributed by atoms with E-state index in [4.69, 9.17) is 0 Å². The molecule has 0 radical (unpaired) electrons. The lowest BCUT2D eigenvalue weighted by atomic mass is 10.1. The summed E-state index contributed by atoms with van der Waals surface area (Å²) >= 11 is 0. The van der Waals surface area contributed by atoms with Crippen LogP contribution in [0.2, 0.25) is 0 Å². The zero-order chi connectivity index (χ0) is 22.8. The van der Waals surface area contributed by atoms with E-state index >= 15 is 0 Å². The van der Waals surface area contributed by atoms with Gasteiger partial charge < -0.3 is 5.32 Å². The lowest BCUT2D eigenvalue weighted by Gasteiger charge is -2.11. The van der Waals surface area contributed by atoms with E-state index in [9.17, 15) is 18.8 Å². The number of fused-ring (bicyclic) bond motifs is 1. The van der Waals surface area contributed by atoms with Gasteiger partial charge in [-0.2, -0.15) is 5.10 Å². The highest BCUT2D eigenvalue weighted by Gasteiger charge is 2.15. The number of aryl methyl sites for hydroxylation is 1. The average Bonchev–Trinajstić information content (AvgIpc) is 3.18. The number of hydrogen-bond acceptors (Lipinski definition) is 5. The number of ketones is 1. The Labute approximate surface area is 182 Å². The van der Waals surface area contributed by atoms with Crippen molar-refractivity contribution in [1.29, 1.82) is 0 Å². The van der Waals surface area contributed by atoms with Gasteiger partial charge in [0.1, 0.15) is 17.0 Å². The van der Waals surface area contributed by atoms with Gasteiger partial charge in [0.2, 0.25) is 5.91 Å². The number of Topliss-reactive ketones (excluding diaryl/α,β-unsaturated/α-hetero) is 1. The maximum absolute atomic E-state index is 13.2. The second-order valence-corrected chi connectivity index (χ2v) is 7.32. The number of halogens is 1. The summed E-state index contributed by atoms with van der Waals surface area (Å²) in [6.45, 7) is 3.30. The predicted molar refractivity (Wildman–Crippen MR) is 118 cm³/mol. The first kappa shape index (κ1) is 21.1. The van der Waals surface area contributed by atoms with Crippen molar-refractivity contribution < 1.29 is 14.0 Å². The molecule has 2 aromatic carbocycles. The molecule has 0 fully saturated rings. The largest absolute Gasteiger partial charge is 0.326 e. The molecule has 0 unspecified atom stereocenters. The van der Waals surface area contributed by atoms with Crippen LogP contribution < -0.4 is 10.9 Å². The summed E-state index contributed by atoms with van der Waals surface area (Å²) < 4.78 is 16.1. The number of nitrogens with one attached hydrogen (secondary N) is 1. The standard InChI is InChI=1S/C23H20FN5O3/c1-14(30)16-3-7-18(8-4-16)27-21(31)11-12-28-15(2)26-22-20(23(28)32)13-25-29(22)19-9-5-17(24)6-10-19/h3-10,13H,11-12H2,1-2H3,(H,27,31). The number of amides is 1. The molecule has 2 heterocycles. The molecule has 0 spiro atoms. The quantitative estimate of drug-likeness (QED) is 0.471. The SMILES string of the molecule is CC(=O)c1ccc(NC(=O)CCn2c(C)nc3c(cnn3-c3ccc(F)cc3)c2=O)cc1. The number of carbonyl (C=O) groups is 2. The number of anilines is 1. The van der Waals surface area contributed by atoms with E-state index in [1.165, 1.54) is 34.5 Å². The third kappa shape index (κ3) is 4.18. The molecule has 1 N–H and O–H groups in total. The average molecular weight is 433 g/mol. The fourth-order valence-corrected chi connectivity index (χ4v) is 3.37. The van der Waals surface area contributed by atoms with Crippen molar-refractivity contribution in [2.45, 2.75) is 26.8 Å². The summed E-state index contributed by atoms with van der Waals surface area (Å²) in [5.74, 6) is -0.257. The van der Waals surface area contributed by atoms with Crippen molar-refractivity contribution in [3.8, 4) is 5.69 Å². The Morgan fingerprint density at radius 1 is 1.06 bits per heavy atom. The van der Waals surface area contributed by atoms with Gasteiger partial charge in [0.05, 0.1) is 11.9 Å². The first-order valence-corrected chi connectivity index (χ1v) is 9.95. The molecule has 0 saturated heterocycles. The number of aromatic nitrogens is 4. The van der Waals surface area contributed by atoms with Crippen molar-refractivity contribution >= 4 is 28.4 Å². The molecule has 32 heavy (non-hydrogen) atoms. The first-order valence-electron chi connectivity index (χ1n) is 9.95. The minimum atomic E-state index is -0.371. The second-order valence-electron chi connectivity index (χ2n) is 7.32. The molecular formula is C23H20FN5O3. The number of benzene rings is 2. The van der Waals surface area contributed by atoms with E-state index in [-0.39, 0.29) is 36.0 Å². The molecular weight excluding hydrogens is 413 g/mol. The van der Waals surface area contributed by atoms with Crippen LogP contribution in [-0.4, -0.2) is 31.0 Å². The summed E-state index contributed by atoms with van der Waals surface area (Å²) in [6.07, 6.45) is 1.48. The van der Waals surface area contributed by atoms with Crippen LogP contribution in [-0.2, 0) is 11.3 Å². The van der Waals surface area contributed by atoms with Crippen molar-refractivity contribution in [3.63, 3.8) is 0 Å². The minimum absolute atomic E-state index is 0.0524. The van der Waals surface area contributed by atoms with Crippen LogP contribution in [0, 0.1) is 12.7 Å². The van der Waals surface area contributed by atoms with Crippen LogP contribution in [0.15, 0.2) is 59.5 Å². The second kappa shape index (κ2) is 8.54. The normalized spacial score (nSPS) is 11.0. The molecule has 4 rings (SSSR count). The highest BCUT2D eigenvalue weighted by atomic mass is 19.1. The maximum Gasteiger partial charge on any atom is 0.264 e. The molecule has 4 aromatic rings. The number of rotatable bonds is 6. The molecule has 1 amide bonds. The third-order valence-electron chi connectivity index (χ3n) is 5.09. The molecule has 0 aliphatic heterocycles. The van der Waals surface area contributed by atoms with Crippen LogP contribution in [0.3, 0.4) is 0 Å². The van der Waals surface area contributed by atoms with Gasteiger partial charge in [-0.25, -0.2) is 14.1 Å². The van der Waals surface area contributed by atoms with E-state index in [1.54, 1.807) is 43.3 Å². The van der Waals surface area contributed by atoms with Gasteiger partial charge in [0.15, 0.2) is 11.4 Å². The molecule has 0 aliphatic rings. The Morgan fingerprint density at radius 2 is 1.75 bits per heavy atom. The maximum atomic E-state index is 13.2. The molecule has 9 heteroatoms. The summed E-state index contributed by atoms with van der Waals surface area (Å²) in [4.78, 5) is 41.1. The van der Waals surface area contributed by atoms with Crippen molar-refractivity contribution in [3.05, 3.63) is 82.3 Å². The minimum Gasteiger partial charge on any atom is -0.326 e. The molecule has 8 nitrogen and oxygen atoms in total. The van der Waals surface area contributed by atoms with Crippen LogP contribution in [0.25, 0.3) is 16.7 Å². The van der Waals surface area contributed by atoms with Gasteiger partial charge >= 0.3 is 0 Å². The Kier molecular flexibility index (Phi) is 5.63. The Hall–Kier alpha value is -4.14. The third-order valence-corrected chi connectivity index (χ3v) is 5.09. The van der Waals surface area contributed by atoms with Gasteiger partial charge in [-0.05, 0) is 62.4 Å². The summed E-state index contributed by atoms with van der Waals surface area (Å²) in [7, 11) is 0. The van der Waals surface area contributed by atoms with Gasteiger partial charge in [-0.1, -0.05) is 0 Å². The van der Waals surface area contributed by atoms with Gasteiger partial charge in [0, 0.05) is 24.2 Å². The molecule has 162 valence electrons. The van der Waals surface area contributed by atoms with Gasteiger partial charge in [0.25, 0.3) is 5.56 Å². The lowest BCUT2D eigenvalue weighted by Crippen LogP contribution is -2.26. The van der Waals surface area contributed by atoms with E-state index < -0.39 is 0 Å². The van der Waals surface area contributed by atoms with Crippen LogP contribution in [0.4, 0.5) is 10.1 Å². The smallest absolute Gasteiger partial charge is 0.264 e. The monoisotopic (exact) mass is 433 g/mol. The molecule has 0 bridgehead atoms. The highest BCUT2D eigenvalue weighted by molar-refractivity contribution is 5.95. The summed E-state index contributed by atoms with van der Waals surface area (Å²) in [6, 6.07) is 12.3. The summed E-state index contributed by atoms with van der Waals surface area (Å²) in [5.41, 5.74) is 1.77. The fourth-order valence-electron chi connectivity index (χ4n) is 3.37. The van der Waals surface area contributed by atoms with Crippen LogP contribution in [0.1, 0.15) is 29.5 Å². The van der Waals surface area contributed by atoms with E-state index in [0.29, 0.717) is 33.8 Å². The molecule has 0 aliphatic carbocycles. The zero-order valence-corrected chi connectivity index (χ0v) is 17.5. The number of carbonyl (C=O) groups excluding carboxylic acids is 2. The Bertz CT molecular complexity index is 1370. The Morgan fingerprint density at radius 3 is 2.41 bits per heavy atom. The topological polar surface area (TPSA) is 98.9 Å². The van der Waals surface area contributed by atoms with Crippen molar-refractivity contribution in [1.82, 2.24) is 19.3 Å². The lowest BCUT2D eigenvalue weighted by molar-refractivity contribution is -0.116. The predicted octanol–water partition coefficient (Wildman–Crippen LogP) is 3.26. The number of hydrogen-bond donors (Lipinski definition) is 1. The van der Waals surface area contributed by atoms with Gasteiger partial charge in [-0.15, -0.1) is 0 Å². The number of nitrogens with zero attached hydrogens (tertiary/aromatic N) is 4. The van der Waals surface area contributed by atoms with E-state index in [2.05, 4.69) is 15.4 Å².